The quantitative estimate of drug-likeness (QED) is 0.453. The second-order valence-corrected chi connectivity index (χ2v) is 9.77. The van der Waals surface area contributed by atoms with Crippen LogP contribution >= 0.6 is 15.9 Å². The van der Waals surface area contributed by atoms with Crippen LogP contribution in [0.4, 0.5) is 15.3 Å². The average molecular weight is 505 g/mol. The first-order chi connectivity index (χ1) is 15.0. The molecule has 0 bridgehead atoms. The predicted molar refractivity (Wildman–Crippen MR) is 131 cm³/mol. The van der Waals surface area contributed by atoms with Gasteiger partial charge in [-0.15, -0.1) is 0 Å². The zero-order valence-electron chi connectivity index (χ0n) is 19.7. The van der Waals surface area contributed by atoms with Crippen LogP contribution in [0, 0.1) is 0 Å². The van der Waals surface area contributed by atoms with Crippen molar-refractivity contribution in [2.75, 3.05) is 19.0 Å². The second-order valence-electron chi connectivity index (χ2n) is 8.86. The van der Waals surface area contributed by atoms with Gasteiger partial charge in [-0.2, -0.15) is 0 Å². The molecule has 0 radical (unpaired) electrons. The fraction of sp³-hybridized carbons (Fsp3) is 0.440. The van der Waals surface area contributed by atoms with Gasteiger partial charge in [0.2, 0.25) is 0 Å². The lowest BCUT2D eigenvalue weighted by Crippen LogP contribution is -2.33. The standard InChI is InChI=1S/C25H33BrN2O4/c1-7-19-14-20(26)11-12-22(19)17(2)16-31-23(29)27-21-10-8-9-18(13-21)15-28(6)24(30)32-25(3,4)5/h8-14,17H,7,15-16H2,1-6H3,(H,27,29)/t17-/m0/s1. The van der Waals surface area contributed by atoms with Crippen molar-refractivity contribution in [2.24, 2.45) is 0 Å². The molecule has 32 heavy (non-hydrogen) atoms. The number of nitrogens with one attached hydrogen (secondary N) is 1. The van der Waals surface area contributed by atoms with E-state index in [2.05, 4.69) is 40.3 Å². The smallest absolute Gasteiger partial charge is 0.411 e. The van der Waals surface area contributed by atoms with E-state index in [1.54, 1.807) is 13.1 Å². The largest absolute Gasteiger partial charge is 0.449 e. The number of carbonyl (C=O) groups excluding carboxylic acids is 2. The minimum atomic E-state index is -0.552. The van der Waals surface area contributed by atoms with Gasteiger partial charge in [0.05, 0.1) is 6.61 Å². The van der Waals surface area contributed by atoms with Crippen molar-refractivity contribution in [3.05, 3.63) is 63.6 Å². The third kappa shape index (κ3) is 8.19. The Morgan fingerprint density at radius 1 is 1.16 bits per heavy atom. The van der Waals surface area contributed by atoms with Gasteiger partial charge in [-0.05, 0) is 68.1 Å². The normalized spacial score (nSPS) is 12.1. The van der Waals surface area contributed by atoms with Crippen molar-refractivity contribution in [1.82, 2.24) is 4.90 Å². The van der Waals surface area contributed by atoms with Crippen molar-refractivity contribution < 1.29 is 19.1 Å². The van der Waals surface area contributed by atoms with Crippen LogP contribution in [0.3, 0.4) is 0 Å². The summed E-state index contributed by atoms with van der Waals surface area (Å²) in [4.78, 5) is 26.0. The number of nitrogens with zero attached hydrogens (tertiary/aromatic N) is 1. The molecule has 2 aromatic carbocycles. The number of anilines is 1. The molecule has 0 saturated carbocycles. The molecule has 0 unspecified atom stereocenters. The van der Waals surface area contributed by atoms with Gasteiger partial charge in [-0.3, -0.25) is 5.32 Å². The molecule has 7 heteroatoms. The Bertz CT molecular complexity index is 940. The van der Waals surface area contributed by atoms with Crippen LogP contribution in [-0.2, 0) is 22.4 Å². The summed E-state index contributed by atoms with van der Waals surface area (Å²) in [6.45, 7) is 10.3. The van der Waals surface area contributed by atoms with Crippen LogP contribution in [-0.4, -0.2) is 36.3 Å². The predicted octanol–water partition coefficient (Wildman–Crippen LogP) is 6.73. The third-order valence-electron chi connectivity index (χ3n) is 4.78. The molecule has 0 saturated heterocycles. The van der Waals surface area contributed by atoms with Crippen LogP contribution in [0.2, 0.25) is 0 Å². The Kier molecular flexibility index (Phi) is 9.13. The molecule has 2 aromatic rings. The van der Waals surface area contributed by atoms with E-state index >= 15 is 0 Å². The molecule has 0 aliphatic rings. The number of amides is 2. The van der Waals surface area contributed by atoms with E-state index in [0.717, 1.165) is 16.5 Å². The Balaban J connectivity index is 1.92. The maximum absolute atomic E-state index is 12.3. The Hall–Kier alpha value is -2.54. The summed E-state index contributed by atoms with van der Waals surface area (Å²) in [7, 11) is 1.68. The highest BCUT2D eigenvalue weighted by Gasteiger charge is 2.20. The average Bonchev–Trinajstić information content (AvgIpc) is 2.70. The summed E-state index contributed by atoms with van der Waals surface area (Å²) in [5.74, 6) is 0.0811. The first-order valence-corrected chi connectivity index (χ1v) is 11.5. The first kappa shape index (κ1) is 25.7. The maximum Gasteiger partial charge on any atom is 0.411 e. The molecule has 174 valence electrons. The number of halogens is 1. The fourth-order valence-corrected chi connectivity index (χ4v) is 3.64. The monoisotopic (exact) mass is 504 g/mol. The highest BCUT2D eigenvalue weighted by molar-refractivity contribution is 9.10. The van der Waals surface area contributed by atoms with Crippen molar-refractivity contribution >= 4 is 33.8 Å². The molecular formula is C25H33BrN2O4. The van der Waals surface area contributed by atoms with E-state index < -0.39 is 17.8 Å². The van der Waals surface area contributed by atoms with Gasteiger partial charge < -0.3 is 14.4 Å². The van der Waals surface area contributed by atoms with E-state index in [1.165, 1.54) is 16.0 Å². The van der Waals surface area contributed by atoms with Gasteiger partial charge in [-0.25, -0.2) is 9.59 Å². The molecule has 0 aromatic heterocycles. The van der Waals surface area contributed by atoms with Crippen LogP contribution in [0.25, 0.3) is 0 Å². The summed E-state index contributed by atoms with van der Waals surface area (Å²) in [6, 6.07) is 13.5. The fourth-order valence-electron chi connectivity index (χ4n) is 3.23. The summed E-state index contributed by atoms with van der Waals surface area (Å²) in [5.41, 5.74) is 3.33. The summed E-state index contributed by atoms with van der Waals surface area (Å²) in [5, 5.41) is 2.76. The molecule has 0 spiro atoms. The zero-order valence-corrected chi connectivity index (χ0v) is 21.3. The van der Waals surface area contributed by atoms with E-state index in [1.807, 2.05) is 52.0 Å². The number of ether oxygens (including phenoxy) is 2. The van der Waals surface area contributed by atoms with Crippen LogP contribution < -0.4 is 5.32 Å². The van der Waals surface area contributed by atoms with Gasteiger partial charge >= 0.3 is 12.2 Å². The van der Waals surface area contributed by atoms with Crippen molar-refractivity contribution in [2.45, 2.75) is 59.1 Å². The first-order valence-electron chi connectivity index (χ1n) is 10.7. The Labute approximate surface area is 199 Å². The van der Waals surface area contributed by atoms with Gasteiger partial charge in [0, 0.05) is 29.7 Å². The zero-order chi connectivity index (χ0) is 23.9. The minimum Gasteiger partial charge on any atom is -0.449 e. The second kappa shape index (κ2) is 11.4. The molecule has 2 amide bonds. The molecule has 1 atom stereocenters. The van der Waals surface area contributed by atoms with Gasteiger partial charge in [0.1, 0.15) is 5.60 Å². The van der Waals surface area contributed by atoms with E-state index in [-0.39, 0.29) is 12.5 Å². The molecule has 1 N–H and O–H groups in total. The molecule has 0 heterocycles. The van der Waals surface area contributed by atoms with Crippen molar-refractivity contribution in [3.8, 4) is 0 Å². The van der Waals surface area contributed by atoms with E-state index in [9.17, 15) is 9.59 Å². The Morgan fingerprint density at radius 3 is 2.53 bits per heavy atom. The minimum absolute atomic E-state index is 0.0811. The number of hydrogen-bond donors (Lipinski definition) is 1. The summed E-state index contributed by atoms with van der Waals surface area (Å²) in [6.07, 6.45) is 0.00357. The van der Waals surface area contributed by atoms with Crippen LogP contribution in [0.5, 0.6) is 0 Å². The van der Waals surface area contributed by atoms with Gasteiger partial charge in [0.15, 0.2) is 0 Å². The molecule has 0 aliphatic carbocycles. The lowest BCUT2D eigenvalue weighted by atomic mass is 9.95. The SMILES string of the molecule is CCc1cc(Br)ccc1[C@@H](C)COC(=O)Nc1cccc(CN(C)C(=O)OC(C)(C)C)c1. The molecule has 2 rings (SSSR count). The highest BCUT2D eigenvalue weighted by Crippen LogP contribution is 2.25. The van der Waals surface area contributed by atoms with E-state index in [0.29, 0.717) is 12.2 Å². The Morgan fingerprint density at radius 2 is 1.88 bits per heavy atom. The number of rotatable bonds is 7. The molecule has 6 nitrogen and oxygen atoms in total. The molecule has 0 fully saturated rings. The summed E-state index contributed by atoms with van der Waals surface area (Å²) < 4.78 is 11.9. The van der Waals surface area contributed by atoms with E-state index in [4.69, 9.17) is 9.47 Å². The number of aryl methyl sites for hydroxylation is 1. The number of benzene rings is 2. The van der Waals surface area contributed by atoms with Crippen molar-refractivity contribution in [3.63, 3.8) is 0 Å². The molecule has 0 aliphatic heterocycles. The molecular weight excluding hydrogens is 472 g/mol. The van der Waals surface area contributed by atoms with Crippen molar-refractivity contribution in [1.29, 1.82) is 0 Å². The van der Waals surface area contributed by atoms with Crippen LogP contribution in [0.15, 0.2) is 46.9 Å². The lowest BCUT2D eigenvalue weighted by Gasteiger charge is -2.24. The summed E-state index contributed by atoms with van der Waals surface area (Å²) >= 11 is 3.50. The van der Waals surface area contributed by atoms with Gasteiger partial charge in [0.25, 0.3) is 0 Å². The number of carbonyl (C=O) groups is 2. The lowest BCUT2D eigenvalue weighted by molar-refractivity contribution is 0.0285. The van der Waals surface area contributed by atoms with Crippen LogP contribution in [0.1, 0.15) is 57.2 Å². The number of hydrogen-bond acceptors (Lipinski definition) is 4. The topological polar surface area (TPSA) is 67.9 Å². The van der Waals surface area contributed by atoms with Gasteiger partial charge in [-0.1, -0.05) is 48.0 Å². The maximum atomic E-state index is 12.3. The highest BCUT2D eigenvalue weighted by atomic mass is 79.9. The third-order valence-corrected chi connectivity index (χ3v) is 5.27.